The summed E-state index contributed by atoms with van der Waals surface area (Å²) in [5.41, 5.74) is 0. The van der Waals surface area contributed by atoms with E-state index in [-0.39, 0.29) is 30.1 Å². The molecule has 4 nitrogen and oxygen atoms in total. The molecule has 4 heteroatoms. The number of allylic oxidation sites excluding steroid dienone is 4. The average Bonchev–Trinajstić information content (AvgIpc) is 2.84. The Morgan fingerprint density at radius 1 is 1.18 bits per heavy atom. The SMILES string of the molecule is CCC(=O)/C=C/C1CCC(O)C1C/C=C/CCCCC(=O)O. The lowest BCUT2D eigenvalue weighted by Crippen LogP contribution is -2.17. The molecule has 0 radical (unpaired) electrons. The van der Waals surface area contributed by atoms with E-state index in [9.17, 15) is 14.7 Å². The first-order valence-corrected chi connectivity index (χ1v) is 8.30. The van der Waals surface area contributed by atoms with Crippen LogP contribution in [0, 0.1) is 11.8 Å². The summed E-state index contributed by atoms with van der Waals surface area (Å²) in [4.78, 5) is 21.7. The topological polar surface area (TPSA) is 74.6 Å². The molecule has 1 fully saturated rings. The fraction of sp³-hybridized carbons (Fsp3) is 0.667. The number of aliphatic hydroxyl groups is 1. The summed E-state index contributed by atoms with van der Waals surface area (Å²) in [5.74, 6) is -0.137. The molecule has 0 aromatic heterocycles. The zero-order chi connectivity index (χ0) is 16.4. The van der Waals surface area contributed by atoms with Crippen LogP contribution in [-0.4, -0.2) is 28.1 Å². The van der Waals surface area contributed by atoms with E-state index in [0.29, 0.717) is 12.8 Å². The van der Waals surface area contributed by atoms with Crippen LogP contribution in [0.5, 0.6) is 0 Å². The van der Waals surface area contributed by atoms with Gasteiger partial charge in [-0.2, -0.15) is 0 Å². The number of carboxylic acids is 1. The number of rotatable bonds is 10. The molecule has 0 aromatic rings. The summed E-state index contributed by atoms with van der Waals surface area (Å²) in [6.07, 6.45) is 13.3. The number of carbonyl (C=O) groups is 2. The van der Waals surface area contributed by atoms with Crippen molar-refractivity contribution in [2.45, 2.75) is 64.4 Å². The van der Waals surface area contributed by atoms with E-state index in [2.05, 4.69) is 12.2 Å². The van der Waals surface area contributed by atoms with Gasteiger partial charge in [0.15, 0.2) is 5.78 Å². The summed E-state index contributed by atoms with van der Waals surface area (Å²) in [6, 6.07) is 0. The van der Waals surface area contributed by atoms with Gasteiger partial charge in [0.05, 0.1) is 6.10 Å². The Morgan fingerprint density at radius 3 is 2.64 bits per heavy atom. The highest BCUT2D eigenvalue weighted by Gasteiger charge is 2.32. The van der Waals surface area contributed by atoms with Gasteiger partial charge in [0.2, 0.25) is 0 Å². The molecule has 2 N–H and O–H groups in total. The number of unbranched alkanes of at least 4 members (excludes halogenated alkanes) is 2. The molecule has 0 bridgehead atoms. The monoisotopic (exact) mass is 308 g/mol. The molecule has 0 spiro atoms. The van der Waals surface area contributed by atoms with Gasteiger partial charge in [0.1, 0.15) is 0 Å². The first kappa shape index (κ1) is 18.6. The summed E-state index contributed by atoms with van der Waals surface area (Å²) >= 11 is 0. The minimum atomic E-state index is -0.741. The van der Waals surface area contributed by atoms with Gasteiger partial charge in [0, 0.05) is 12.8 Å². The van der Waals surface area contributed by atoms with Gasteiger partial charge in [-0.15, -0.1) is 0 Å². The Kier molecular flexibility index (Phi) is 8.75. The van der Waals surface area contributed by atoms with Crippen LogP contribution in [0.2, 0.25) is 0 Å². The number of hydrogen-bond donors (Lipinski definition) is 2. The van der Waals surface area contributed by atoms with Crippen LogP contribution >= 0.6 is 0 Å². The molecular formula is C18H28O4. The highest BCUT2D eigenvalue weighted by molar-refractivity contribution is 5.89. The van der Waals surface area contributed by atoms with Crippen LogP contribution in [0.25, 0.3) is 0 Å². The molecule has 1 saturated carbocycles. The summed E-state index contributed by atoms with van der Waals surface area (Å²) in [6.45, 7) is 1.85. The number of ketones is 1. The van der Waals surface area contributed by atoms with Crippen LogP contribution in [0.4, 0.5) is 0 Å². The number of hydrogen-bond acceptors (Lipinski definition) is 3. The highest BCUT2D eigenvalue weighted by atomic mass is 16.4. The Labute approximate surface area is 132 Å². The maximum absolute atomic E-state index is 11.4. The van der Waals surface area contributed by atoms with E-state index in [0.717, 1.165) is 32.1 Å². The third-order valence-corrected chi connectivity index (χ3v) is 4.30. The summed E-state index contributed by atoms with van der Waals surface area (Å²) < 4.78 is 0. The van der Waals surface area contributed by atoms with Gasteiger partial charge in [-0.25, -0.2) is 0 Å². The molecule has 1 rings (SSSR count). The van der Waals surface area contributed by atoms with Crippen molar-refractivity contribution < 1.29 is 19.8 Å². The minimum absolute atomic E-state index is 0.133. The smallest absolute Gasteiger partial charge is 0.303 e. The van der Waals surface area contributed by atoms with Crippen molar-refractivity contribution in [3.63, 3.8) is 0 Å². The van der Waals surface area contributed by atoms with Gasteiger partial charge >= 0.3 is 5.97 Å². The van der Waals surface area contributed by atoms with Crippen molar-refractivity contribution in [2.75, 3.05) is 0 Å². The zero-order valence-electron chi connectivity index (χ0n) is 13.4. The normalized spacial score (nSPS) is 25.3. The van der Waals surface area contributed by atoms with Gasteiger partial charge in [-0.1, -0.05) is 25.2 Å². The average molecular weight is 308 g/mol. The number of aliphatic hydroxyl groups excluding tert-OH is 1. The number of carbonyl (C=O) groups excluding carboxylic acids is 1. The van der Waals surface area contributed by atoms with Crippen LogP contribution in [0.3, 0.4) is 0 Å². The molecule has 3 unspecified atom stereocenters. The predicted molar refractivity (Wildman–Crippen MR) is 86.5 cm³/mol. The Balaban J connectivity index is 2.33. The molecule has 22 heavy (non-hydrogen) atoms. The zero-order valence-corrected chi connectivity index (χ0v) is 13.4. The molecule has 1 aliphatic carbocycles. The maximum atomic E-state index is 11.4. The van der Waals surface area contributed by atoms with Crippen molar-refractivity contribution in [3.05, 3.63) is 24.3 Å². The second-order valence-electron chi connectivity index (χ2n) is 6.00. The molecule has 0 amide bonds. The molecule has 0 aromatic carbocycles. The standard InChI is InChI=1S/C18H28O4/c1-2-15(19)12-10-14-11-13-17(20)16(14)8-6-4-3-5-7-9-18(21)22/h4,6,10,12,14,16-17,20H,2-3,5,7-9,11,13H2,1H3,(H,21,22)/b6-4+,12-10+. The third kappa shape index (κ3) is 7.03. The number of carboxylic acid groups (broad SMARTS) is 1. The Bertz CT molecular complexity index is 411. The molecule has 0 heterocycles. The maximum Gasteiger partial charge on any atom is 0.303 e. The predicted octanol–water partition coefficient (Wildman–Crippen LogP) is 3.50. The van der Waals surface area contributed by atoms with Gasteiger partial charge in [-0.3, -0.25) is 9.59 Å². The molecule has 1 aliphatic rings. The number of aliphatic carboxylic acids is 1. The molecule has 0 saturated heterocycles. The van der Waals surface area contributed by atoms with E-state index in [1.165, 1.54) is 0 Å². The van der Waals surface area contributed by atoms with Crippen LogP contribution in [0.1, 0.15) is 58.3 Å². The van der Waals surface area contributed by atoms with Crippen molar-refractivity contribution in [2.24, 2.45) is 11.8 Å². The molecule has 0 aliphatic heterocycles. The summed E-state index contributed by atoms with van der Waals surface area (Å²) in [7, 11) is 0. The quantitative estimate of drug-likeness (QED) is 0.368. The van der Waals surface area contributed by atoms with E-state index >= 15 is 0 Å². The van der Waals surface area contributed by atoms with Crippen molar-refractivity contribution in [1.82, 2.24) is 0 Å². The van der Waals surface area contributed by atoms with Crippen LogP contribution in [0.15, 0.2) is 24.3 Å². The Morgan fingerprint density at radius 2 is 1.95 bits per heavy atom. The Hall–Kier alpha value is -1.42. The highest BCUT2D eigenvalue weighted by Crippen LogP contribution is 2.35. The van der Waals surface area contributed by atoms with Crippen molar-refractivity contribution in [1.29, 1.82) is 0 Å². The molecule has 124 valence electrons. The van der Waals surface area contributed by atoms with Crippen LogP contribution in [-0.2, 0) is 9.59 Å². The van der Waals surface area contributed by atoms with Crippen LogP contribution < -0.4 is 0 Å². The molecule has 3 atom stereocenters. The van der Waals surface area contributed by atoms with Gasteiger partial charge < -0.3 is 10.2 Å². The van der Waals surface area contributed by atoms with Crippen molar-refractivity contribution >= 4 is 11.8 Å². The second kappa shape index (κ2) is 10.3. The van der Waals surface area contributed by atoms with E-state index < -0.39 is 5.97 Å². The van der Waals surface area contributed by atoms with Gasteiger partial charge in [0.25, 0.3) is 0 Å². The lowest BCUT2D eigenvalue weighted by molar-refractivity contribution is -0.137. The van der Waals surface area contributed by atoms with E-state index in [4.69, 9.17) is 5.11 Å². The molecular weight excluding hydrogens is 280 g/mol. The summed E-state index contributed by atoms with van der Waals surface area (Å²) in [5, 5.41) is 18.6. The fourth-order valence-electron chi connectivity index (χ4n) is 2.91. The lowest BCUT2D eigenvalue weighted by Gasteiger charge is -2.17. The van der Waals surface area contributed by atoms with E-state index in [1.54, 1.807) is 6.08 Å². The fourth-order valence-corrected chi connectivity index (χ4v) is 2.91. The van der Waals surface area contributed by atoms with Crippen molar-refractivity contribution in [3.8, 4) is 0 Å². The van der Waals surface area contributed by atoms with Gasteiger partial charge in [-0.05, 0) is 56.4 Å². The largest absolute Gasteiger partial charge is 0.481 e. The first-order chi connectivity index (χ1) is 10.5. The third-order valence-electron chi connectivity index (χ3n) is 4.30. The lowest BCUT2D eigenvalue weighted by atomic mass is 9.90. The first-order valence-electron chi connectivity index (χ1n) is 8.30. The second-order valence-corrected chi connectivity index (χ2v) is 6.00. The van der Waals surface area contributed by atoms with E-state index in [1.807, 2.05) is 13.0 Å². The minimum Gasteiger partial charge on any atom is -0.481 e.